The summed E-state index contributed by atoms with van der Waals surface area (Å²) in [4.78, 5) is 9.11. The van der Waals surface area contributed by atoms with Crippen molar-refractivity contribution in [2.45, 2.75) is 38.8 Å². The molecule has 6 heteroatoms. The van der Waals surface area contributed by atoms with Crippen LogP contribution >= 0.6 is 0 Å². The molecule has 2 aromatic heterocycles. The molecule has 6 nitrogen and oxygen atoms in total. The maximum atomic E-state index is 10.3. The molecule has 2 aromatic carbocycles. The Kier molecular flexibility index (Phi) is 4.71. The Morgan fingerprint density at radius 3 is 2.63 bits per heavy atom. The summed E-state index contributed by atoms with van der Waals surface area (Å²) in [6.45, 7) is 4.20. The van der Waals surface area contributed by atoms with E-state index in [1.807, 2.05) is 37.3 Å². The van der Waals surface area contributed by atoms with E-state index in [-0.39, 0.29) is 0 Å². The Hall–Kier alpha value is -3.25. The predicted octanol–water partition coefficient (Wildman–Crippen LogP) is 4.95. The van der Waals surface area contributed by atoms with Crippen LogP contribution in [0.5, 0.6) is 5.75 Å². The molecule has 0 bridgehead atoms. The Balaban J connectivity index is 1.74. The van der Waals surface area contributed by atoms with Crippen LogP contribution in [0.2, 0.25) is 0 Å². The Labute approximate surface area is 175 Å². The van der Waals surface area contributed by atoms with Crippen molar-refractivity contribution in [2.75, 3.05) is 6.61 Å². The minimum atomic E-state index is -0.660. The van der Waals surface area contributed by atoms with Crippen LogP contribution in [0.15, 0.2) is 55.0 Å². The first-order chi connectivity index (χ1) is 14.7. The Bertz CT molecular complexity index is 1200. The largest absolute Gasteiger partial charge is 0.493 e. The van der Waals surface area contributed by atoms with Gasteiger partial charge in [0.05, 0.1) is 30.0 Å². The van der Waals surface area contributed by atoms with Gasteiger partial charge in [0.2, 0.25) is 0 Å². The zero-order valence-electron chi connectivity index (χ0n) is 17.1. The van der Waals surface area contributed by atoms with Crippen LogP contribution < -0.4 is 4.74 Å². The van der Waals surface area contributed by atoms with Crippen molar-refractivity contribution in [1.29, 1.82) is 0 Å². The minimum Gasteiger partial charge on any atom is -0.493 e. The van der Waals surface area contributed by atoms with Gasteiger partial charge in [-0.2, -0.15) is 5.10 Å². The highest BCUT2D eigenvalue weighted by molar-refractivity contribution is 5.97. The number of aromatic nitrogens is 4. The molecule has 0 amide bonds. The van der Waals surface area contributed by atoms with E-state index in [1.54, 1.807) is 13.3 Å². The molecule has 1 aliphatic carbocycles. The summed E-state index contributed by atoms with van der Waals surface area (Å²) < 4.78 is 7.82. The van der Waals surface area contributed by atoms with Crippen LogP contribution in [0.1, 0.15) is 44.4 Å². The molecule has 0 spiro atoms. The normalized spacial score (nSPS) is 14.8. The molecular formula is C24H24N4O2. The maximum absolute atomic E-state index is 10.3. The van der Waals surface area contributed by atoms with Gasteiger partial charge < -0.3 is 9.84 Å². The van der Waals surface area contributed by atoms with Gasteiger partial charge in [0, 0.05) is 34.3 Å². The lowest BCUT2D eigenvalue weighted by atomic mass is 10.00. The standard InChI is InChI=1S/C24H24N4O2/c1-3-30-22-12-21-19(11-18(22)15(2)29)24(26-14-25-21)20-13-28(17-9-10-17)27-23(20)16-7-5-4-6-8-16/h4-8,11-15,17,29H,3,9-10H2,1-2H3/t15-/m0/s1. The van der Waals surface area contributed by atoms with Gasteiger partial charge in [0.25, 0.3) is 0 Å². The van der Waals surface area contributed by atoms with Gasteiger partial charge in [-0.05, 0) is 32.8 Å². The number of rotatable bonds is 6. The molecule has 5 rings (SSSR count). The third-order valence-corrected chi connectivity index (χ3v) is 5.47. The lowest BCUT2D eigenvalue weighted by Gasteiger charge is -2.15. The molecule has 1 saturated carbocycles. The molecule has 0 saturated heterocycles. The summed E-state index contributed by atoms with van der Waals surface area (Å²) in [5, 5.41) is 16.1. The number of aliphatic hydroxyl groups excluding tert-OH is 1. The second kappa shape index (κ2) is 7.54. The summed E-state index contributed by atoms with van der Waals surface area (Å²) in [6, 6.07) is 14.5. The number of fused-ring (bicyclic) bond motifs is 1. The summed E-state index contributed by atoms with van der Waals surface area (Å²) >= 11 is 0. The van der Waals surface area contributed by atoms with Gasteiger partial charge in [-0.1, -0.05) is 30.3 Å². The van der Waals surface area contributed by atoms with Gasteiger partial charge in [-0.3, -0.25) is 4.68 Å². The van der Waals surface area contributed by atoms with E-state index < -0.39 is 6.10 Å². The minimum absolute atomic E-state index is 0.465. The van der Waals surface area contributed by atoms with Crippen molar-refractivity contribution in [1.82, 2.24) is 19.7 Å². The van der Waals surface area contributed by atoms with Gasteiger partial charge in [0.1, 0.15) is 17.8 Å². The quantitative estimate of drug-likeness (QED) is 0.496. The number of hydrogen-bond acceptors (Lipinski definition) is 5. The van der Waals surface area contributed by atoms with Crippen LogP contribution in [-0.4, -0.2) is 31.5 Å². The first kappa shape index (κ1) is 18.8. The molecule has 152 valence electrons. The van der Waals surface area contributed by atoms with Crippen molar-refractivity contribution >= 4 is 10.9 Å². The van der Waals surface area contributed by atoms with Crippen molar-refractivity contribution < 1.29 is 9.84 Å². The Morgan fingerprint density at radius 1 is 1.13 bits per heavy atom. The van der Waals surface area contributed by atoms with Crippen LogP contribution in [0, 0.1) is 0 Å². The molecule has 0 unspecified atom stereocenters. The fourth-order valence-corrected chi connectivity index (χ4v) is 3.82. The Morgan fingerprint density at radius 2 is 1.93 bits per heavy atom. The summed E-state index contributed by atoms with van der Waals surface area (Å²) in [5.41, 5.74) is 5.27. The summed E-state index contributed by atoms with van der Waals surface area (Å²) in [7, 11) is 0. The second-order valence-electron chi connectivity index (χ2n) is 7.71. The summed E-state index contributed by atoms with van der Waals surface area (Å²) in [5.74, 6) is 0.654. The predicted molar refractivity (Wildman–Crippen MR) is 116 cm³/mol. The molecule has 2 heterocycles. The lowest BCUT2D eigenvalue weighted by molar-refractivity contribution is 0.192. The van der Waals surface area contributed by atoms with Crippen molar-refractivity contribution in [2.24, 2.45) is 0 Å². The average Bonchev–Trinajstić information content (AvgIpc) is 3.52. The van der Waals surface area contributed by atoms with E-state index >= 15 is 0 Å². The van der Waals surface area contributed by atoms with Crippen LogP contribution in [-0.2, 0) is 0 Å². The molecule has 30 heavy (non-hydrogen) atoms. The average molecular weight is 400 g/mol. The second-order valence-corrected chi connectivity index (χ2v) is 7.71. The number of nitrogens with zero attached hydrogens (tertiary/aromatic N) is 4. The van der Waals surface area contributed by atoms with E-state index in [0.717, 1.165) is 51.8 Å². The molecule has 1 N–H and O–H groups in total. The fourth-order valence-electron chi connectivity index (χ4n) is 3.82. The first-order valence-corrected chi connectivity index (χ1v) is 10.4. The number of benzene rings is 2. The van der Waals surface area contributed by atoms with Crippen molar-refractivity contribution in [3.05, 3.63) is 60.6 Å². The third kappa shape index (κ3) is 3.33. The molecule has 1 atom stereocenters. The van der Waals surface area contributed by atoms with Crippen LogP contribution in [0.25, 0.3) is 33.4 Å². The van der Waals surface area contributed by atoms with E-state index in [9.17, 15) is 5.11 Å². The van der Waals surface area contributed by atoms with E-state index in [4.69, 9.17) is 9.84 Å². The molecule has 0 radical (unpaired) electrons. The van der Waals surface area contributed by atoms with Gasteiger partial charge >= 0.3 is 0 Å². The number of hydrogen-bond donors (Lipinski definition) is 1. The van der Waals surface area contributed by atoms with E-state index in [0.29, 0.717) is 18.4 Å². The van der Waals surface area contributed by atoms with Crippen LogP contribution in [0.3, 0.4) is 0 Å². The molecule has 1 aliphatic rings. The monoisotopic (exact) mass is 400 g/mol. The number of ether oxygens (including phenoxy) is 1. The lowest BCUT2D eigenvalue weighted by Crippen LogP contribution is -2.01. The van der Waals surface area contributed by atoms with Crippen molar-refractivity contribution in [3.8, 4) is 28.3 Å². The first-order valence-electron chi connectivity index (χ1n) is 10.4. The van der Waals surface area contributed by atoms with Crippen LogP contribution in [0.4, 0.5) is 0 Å². The third-order valence-electron chi connectivity index (χ3n) is 5.47. The highest BCUT2D eigenvalue weighted by atomic mass is 16.5. The molecule has 0 aliphatic heterocycles. The van der Waals surface area contributed by atoms with Crippen molar-refractivity contribution in [3.63, 3.8) is 0 Å². The topological polar surface area (TPSA) is 73.1 Å². The molecular weight excluding hydrogens is 376 g/mol. The molecule has 1 fully saturated rings. The van der Waals surface area contributed by atoms with Gasteiger partial charge in [-0.25, -0.2) is 9.97 Å². The summed E-state index contributed by atoms with van der Waals surface area (Å²) in [6.07, 6.45) is 5.33. The van der Waals surface area contributed by atoms with E-state index in [1.165, 1.54) is 0 Å². The smallest absolute Gasteiger partial charge is 0.127 e. The highest BCUT2D eigenvalue weighted by Crippen LogP contribution is 2.41. The van der Waals surface area contributed by atoms with E-state index in [2.05, 4.69) is 33.0 Å². The fraction of sp³-hybridized carbons (Fsp3) is 0.292. The van der Waals surface area contributed by atoms with Gasteiger partial charge in [-0.15, -0.1) is 0 Å². The maximum Gasteiger partial charge on any atom is 0.127 e. The zero-order chi connectivity index (χ0) is 20.7. The zero-order valence-corrected chi connectivity index (χ0v) is 17.1. The SMILES string of the molecule is CCOc1cc2ncnc(-c3cn(C4CC4)nc3-c3ccccc3)c2cc1[C@H](C)O. The molecule has 4 aromatic rings. The number of aliphatic hydroxyl groups is 1. The van der Waals surface area contributed by atoms with Gasteiger partial charge in [0.15, 0.2) is 0 Å². The highest BCUT2D eigenvalue weighted by Gasteiger charge is 2.27.